The van der Waals surface area contributed by atoms with Gasteiger partial charge in [0.15, 0.2) is 0 Å². The maximum absolute atomic E-state index is 12.5. The molecule has 0 saturated heterocycles. The van der Waals surface area contributed by atoms with E-state index in [1.54, 1.807) is 24.4 Å². The Morgan fingerprint density at radius 1 is 1.00 bits per heavy atom. The molecule has 3 N–H and O–H groups in total. The summed E-state index contributed by atoms with van der Waals surface area (Å²) in [4.78, 5) is 54.3. The molecule has 4 rings (SSSR count). The van der Waals surface area contributed by atoms with Gasteiger partial charge < -0.3 is 25.2 Å². The molecule has 9 nitrogen and oxygen atoms in total. The number of nitrogens with zero attached hydrogens (tertiary/aromatic N) is 1. The molecule has 2 aromatic carbocycles. The minimum absolute atomic E-state index is 0.0128. The van der Waals surface area contributed by atoms with Crippen molar-refractivity contribution in [3.05, 3.63) is 81.1 Å². The molecule has 152 valence electrons. The Labute approximate surface area is 169 Å². The van der Waals surface area contributed by atoms with Crippen molar-refractivity contribution in [1.29, 1.82) is 0 Å². The van der Waals surface area contributed by atoms with Crippen LogP contribution in [0.3, 0.4) is 0 Å². The predicted molar refractivity (Wildman–Crippen MR) is 108 cm³/mol. The molecule has 2 aromatic heterocycles. The molecule has 0 aliphatic rings. The van der Waals surface area contributed by atoms with Crippen molar-refractivity contribution in [1.82, 2.24) is 19.9 Å². The number of H-pyrrole nitrogens is 2. The molecule has 0 bridgehead atoms. The van der Waals surface area contributed by atoms with Gasteiger partial charge in [-0.05, 0) is 23.8 Å². The molecule has 0 saturated carbocycles. The highest BCUT2D eigenvalue weighted by atomic mass is 16.4. The SMILES string of the molecule is O=C(Cn1c(=O)[nH]c2ccccc2c1=O)N[C@@H](Cc1c[nH]c2ccccc12)C(=O)[O-]. The number of aromatic amines is 2. The summed E-state index contributed by atoms with van der Waals surface area (Å²) in [7, 11) is 0. The fraction of sp³-hybridized carbons (Fsp3) is 0.143. The lowest BCUT2D eigenvalue weighted by atomic mass is 10.0. The van der Waals surface area contributed by atoms with Crippen LogP contribution in [0.4, 0.5) is 0 Å². The normalized spacial score (nSPS) is 12.1. The number of nitrogens with one attached hydrogen (secondary N) is 3. The van der Waals surface area contributed by atoms with Gasteiger partial charge in [-0.1, -0.05) is 30.3 Å². The fourth-order valence-corrected chi connectivity index (χ4v) is 3.44. The Kier molecular flexibility index (Phi) is 4.93. The van der Waals surface area contributed by atoms with E-state index in [9.17, 15) is 24.3 Å². The molecule has 0 aliphatic carbocycles. The number of rotatable bonds is 6. The smallest absolute Gasteiger partial charge is 0.329 e. The highest BCUT2D eigenvalue weighted by molar-refractivity contribution is 5.86. The van der Waals surface area contributed by atoms with Gasteiger partial charge in [-0.25, -0.2) is 4.79 Å². The molecule has 0 spiro atoms. The summed E-state index contributed by atoms with van der Waals surface area (Å²) >= 11 is 0. The summed E-state index contributed by atoms with van der Waals surface area (Å²) in [6, 6.07) is 12.5. The van der Waals surface area contributed by atoms with Gasteiger partial charge in [-0.2, -0.15) is 0 Å². The summed E-state index contributed by atoms with van der Waals surface area (Å²) in [5, 5.41) is 15.0. The molecule has 2 heterocycles. The molecule has 0 aliphatic heterocycles. The Hall–Kier alpha value is -4.14. The van der Waals surface area contributed by atoms with E-state index in [0.717, 1.165) is 15.5 Å². The predicted octanol–water partition coefficient (Wildman–Crippen LogP) is -0.352. The van der Waals surface area contributed by atoms with Gasteiger partial charge in [0.05, 0.1) is 22.9 Å². The number of carboxylic acid groups (broad SMARTS) is 1. The van der Waals surface area contributed by atoms with Crippen LogP contribution in [0, 0.1) is 0 Å². The van der Waals surface area contributed by atoms with Crippen LogP contribution in [0.15, 0.2) is 64.3 Å². The number of carbonyl (C=O) groups excluding carboxylic acids is 2. The first-order valence-electron chi connectivity index (χ1n) is 9.21. The van der Waals surface area contributed by atoms with Crippen molar-refractivity contribution in [3.8, 4) is 0 Å². The molecule has 0 fully saturated rings. The van der Waals surface area contributed by atoms with Gasteiger partial charge >= 0.3 is 5.69 Å². The minimum atomic E-state index is -1.46. The van der Waals surface area contributed by atoms with Gasteiger partial charge in [0.2, 0.25) is 5.91 Å². The molecule has 4 aromatic rings. The number of hydrogen-bond acceptors (Lipinski definition) is 5. The highest BCUT2D eigenvalue weighted by Crippen LogP contribution is 2.19. The van der Waals surface area contributed by atoms with Crippen molar-refractivity contribution < 1.29 is 14.7 Å². The average molecular weight is 405 g/mol. The number of hydrogen-bond donors (Lipinski definition) is 3. The Morgan fingerprint density at radius 2 is 1.67 bits per heavy atom. The van der Waals surface area contributed by atoms with Crippen molar-refractivity contribution in [2.45, 2.75) is 19.0 Å². The Morgan fingerprint density at radius 3 is 2.40 bits per heavy atom. The number of fused-ring (bicyclic) bond motifs is 2. The maximum atomic E-state index is 12.5. The first kappa shape index (κ1) is 19.2. The first-order valence-corrected chi connectivity index (χ1v) is 9.21. The lowest BCUT2D eigenvalue weighted by molar-refractivity contribution is -0.308. The van der Waals surface area contributed by atoms with E-state index in [2.05, 4.69) is 15.3 Å². The van der Waals surface area contributed by atoms with Crippen LogP contribution in [0.5, 0.6) is 0 Å². The van der Waals surface area contributed by atoms with Crippen molar-refractivity contribution in [2.24, 2.45) is 0 Å². The number of carboxylic acids is 1. The minimum Gasteiger partial charge on any atom is -0.548 e. The average Bonchev–Trinajstić information content (AvgIpc) is 3.13. The van der Waals surface area contributed by atoms with E-state index in [4.69, 9.17) is 0 Å². The maximum Gasteiger partial charge on any atom is 0.329 e. The zero-order valence-corrected chi connectivity index (χ0v) is 15.7. The van der Waals surface area contributed by atoms with E-state index < -0.39 is 35.7 Å². The number of carbonyl (C=O) groups is 2. The number of aliphatic carboxylic acids is 1. The standard InChI is InChI=1S/C21H18N4O5/c26-18(11-25-19(27)14-6-2-4-8-16(14)24-21(25)30)23-17(20(28)29)9-12-10-22-15-7-3-1-5-13(12)15/h1-8,10,17,22H,9,11H2,(H,23,26)(H,24,30)(H,28,29)/p-1/t17-/m0/s1. The molecule has 9 heteroatoms. The van der Waals surface area contributed by atoms with Gasteiger partial charge in [0, 0.05) is 23.5 Å². The fourth-order valence-electron chi connectivity index (χ4n) is 3.44. The Balaban J connectivity index is 1.56. The van der Waals surface area contributed by atoms with Gasteiger partial charge in [0.1, 0.15) is 6.54 Å². The largest absolute Gasteiger partial charge is 0.548 e. The van der Waals surface area contributed by atoms with E-state index in [-0.39, 0.29) is 11.8 Å². The number of amides is 1. The van der Waals surface area contributed by atoms with E-state index in [0.29, 0.717) is 11.1 Å². The van der Waals surface area contributed by atoms with Gasteiger partial charge in [-0.15, -0.1) is 0 Å². The summed E-state index contributed by atoms with van der Waals surface area (Å²) in [5.41, 5.74) is 0.503. The van der Waals surface area contributed by atoms with Crippen LogP contribution in [-0.4, -0.2) is 32.5 Å². The zero-order chi connectivity index (χ0) is 21.3. The third-order valence-electron chi connectivity index (χ3n) is 4.91. The quantitative estimate of drug-likeness (QED) is 0.402. The van der Waals surface area contributed by atoms with Crippen LogP contribution in [-0.2, 0) is 22.6 Å². The van der Waals surface area contributed by atoms with Crippen molar-refractivity contribution >= 4 is 33.7 Å². The molecule has 0 unspecified atom stereocenters. The second kappa shape index (κ2) is 7.70. The third kappa shape index (κ3) is 3.60. The molecular weight excluding hydrogens is 388 g/mol. The lowest BCUT2D eigenvalue weighted by Crippen LogP contribution is -2.51. The van der Waals surface area contributed by atoms with E-state index >= 15 is 0 Å². The Bertz CT molecular complexity index is 1380. The number of aromatic nitrogens is 3. The molecule has 1 amide bonds. The molecule has 1 atom stereocenters. The molecule has 30 heavy (non-hydrogen) atoms. The monoisotopic (exact) mass is 405 g/mol. The van der Waals surface area contributed by atoms with Crippen molar-refractivity contribution in [2.75, 3.05) is 0 Å². The zero-order valence-electron chi connectivity index (χ0n) is 15.7. The van der Waals surface area contributed by atoms with Crippen LogP contribution < -0.4 is 21.7 Å². The first-order chi connectivity index (χ1) is 14.4. The summed E-state index contributed by atoms with van der Waals surface area (Å²) in [6.07, 6.45) is 1.66. The van der Waals surface area contributed by atoms with Crippen LogP contribution in [0.1, 0.15) is 5.56 Å². The van der Waals surface area contributed by atoms with Crippen LogP contribution >= 0.6 is 0 Å². The topological polar surface area (TPSA) is 140 Å². The lowest BCUT2D eigenvalue weighted by Gasteiger charge is -2.19. The van der Waals surface area contributed by atoms with Gasteiger partial charge in [0.25, 0.3) is 5.56 Å². The highest BCUT2D eigenvalue weighted by Gasteiger charge is 2.18. The van der Waals surface area contributed by atoms with Crippen LogP contribution in [0.25, 0.3) is 21.8 Å². The van der Waals surface area contributed by atoms with Gasteiger partial charge in [-0.3, -0.25) is 14.2 Å². The van der Waals surface area contributed by atoms with Crippen molar-refractivity contribution in [3.63, 3.8) is 0 Å². The summed E-state index contributed by atoms with van der Waals surface area (Å²) in [5.74, 6) is -2.25. The molecular formula is C21H17N4O5-. The van der Waals surface area contributed by atoms with E-state index in [1.807, 2.05) is 24.3 Å². The molecule has 0 radical (unpaired) electrons. The summed E-state index contributed by atoms with van der Waals surface area (Å²) < 4.78 is 0.732. The van der Waals surface area contributed by atoms with E-state index in [1.165, 1.54) is 6.07 Å². The second-order valence-corrected chi connectivity index (χ2v) is 6.87. The third-order valence-corrected chi connectivity index (χ3v) is 4.91. The number of para-hydroxylation sites is 2. The van der Waals surface area contributed by atoms with Crippen LogP contribution in [0.2, 0.25) is 0 Å². The second-order valence-electron chi connectivity index (χ2n) is 6.87. The number of benzene rings is 2. The summed E-state index contributed by atoms with van der Waals surface area (Å²) in [6.45, 7) is -0.614.